The maximum atomic E-state index is 14.2. The highest BCUT2D eigenvalue weighted by Crippen LogP contribution is 2.33. The molecule has 1 N–H and O–H groups in total. The van der Waals surface area contributed by atoms with E-state index in [1.165, 1.54) is 13.1 Å². The second-order valence-corrected chi connectivity index (χ2v) is 8.12. The van der Waals surface area contributed by atoms with Crippen LogP contribution in [0, 0.1) is 22.9 Å². The van der Waals surface area contributed by atoms with E-state index in [4.69, 9.17) is 11.6 Å². The van der Waals surface area contributed by atoms with E-state index in [0.717, 1.165) is 37.9 Å². The van der Waals surface area contributed by atoms with Crippen molar-refractivity contribution in [1.82, 2.24) is 19.9 Å². The van der Waals surface area contributed by atoms with Crippen molar-refractivity contribution >= 4 is 34.6 Å². The number of likely N-dealkylation sites (N-methyl/N-ethyl adjacent to an activating group) is 1. The van der Waals surface area contributed by atoms with Crippen LogP contribution in [0.1, 0.15) is 15.9 Å². The van der Waals surface area contributed by atoms with Gasteiger partial charge in [0, 0.05) is 37.8 Å². The first-order chi connectivity index (χ1) is 15.8. The molecule has 0 atom stereocenters. The highest BCUT2D eigenvalue weighted by Gasteiger charge is 2.26. The van der Waals surface area contributed by atoms with Gasteiger partial charge in [-0.25, -0.2) is 4.68 Å². The summed E-state index contributed by atoms with van der Waals surface area (Å²) in [6.45, 7) is 4.51. The van der Waals surface area contributed by atoms with Crippen LogP contribution in [0.5, 0.6) is 0 Å². The van der Waals surface area contributed by atoms with Gasteiger partial charge in [-0.3, -0.25) is 14.9 Å². The number of anilines is 2. The summed E-state index contributed by atoms with van der Waals surface area (Å²) in [6, 6.07) is 6.32. The molecule has 0 bridgehead atoms. The zero-order valence-corrected chi connectivity index (χ0v) is 18.7. The lowest BCUT2D eigenvalue weighted by Crippen LogP contribution is -2.44. The topological polar surface area (TPSA) is 109 Å². The average molecular weight is 474 g/mol. The Morgan fingerprint density at radius 1 is 1.24 bits per heavy atom. The number of benzene rings is 2. The molecule has 2 heterocycles. The van der Waals surface area contributed by atoms with Crippen LogP contribution >= 0.6 is 11.6 Å². The number of hydrogen-bond donors (Lipinski definition) is 1. The van der Waals surface area contributed by atoms with E-state index in [1.54, 1.807) is 16.9 Å². The Kier molecular flexibility index (Phi) is 6.25. The normalized spacial score (nSPS) is 14.4. The molecule has 1 aliphatic heterocycles. The minimum absolute atomic E-state index is 0.160. The Morgan fingerprint density at radius 2 is 1.97 bits per heavy atom. The summed E-state index contributed by atoms with van der Waals surface area (Å²) in [7, 11) is 2.04. The lowest BCUT2D eigenvalue weighted by atomic mass is 10.1. The van der Waals surface area contributed by atoms with Gasteiger partial charge in [-0.15, -0.1) is 5.10 Å². The molecule has 1 amide bonds. The van der Waals surface area contributed by atoms with Gasteiger partial charge in [0.25, 0.3) is 5.91 Å². The maximum Gasteiger partial charge on any atom is 0.305 e. The van der Waals surface area contributed by atoms with Crippen molar-refractivity contribution in [3.05, 3.63) is 68.7 Å². The lowest BCUT2D eigenvalue weighted by Gasteiger charge is -2.35. The second-order valence-electron chi connectivity index (χ2n) is 7.75. The average Bonchev–Trinajstić information content (AvgIpc) is 3.33. The van der Waals surface area contributed by atoms with Crippen molar-refractivity contribution in [2.75, 3.05) is 43.4 Å². The monoisotopic (exact) mass is 473 g/mol. The van der Waals surface area contributed by atoms with Crippen molar-refractivity contribution in [1.29, 1.82) is 0 Å². The molecule has 0 spiro atoms. The van der Waals surface area contributed by atoms with Crippen molar-refractivity contribution in [3.63, 3.8) is 0 Å². The predicted molar refractivity (Wildman–Crippen MR) is 122 cm³/mol. The molecule has 0 saturated carbocycles. The molecule has 3 aromatic rings. The number of carbonyl (C=O) groups is 1. The number of hydrogen-bond acceptors (Lipinski definition) is 7. The van der Waals surface area contributed by atoms with Gasteiger partial charge in [-0.1, -0.05) is 16.8 Å². The van der Waals surface area contributed by atoms with Gasteiger partial charge in [0.15, 0.2) is 0 Å². The third kappa shape index (κ3) is 4.50. The van der Waals surface area contributed by atoms with E-state index in [2.05, 4.69) is 25.4 Å². The first kappa shape index (κ1) is 22.6. The SMILES string of the molecule is Cc1c(F)c([N+](=O)[O-])cc(C(=O)Nc2cc(-n3ccnn3)ccc2N2CCN(C)CC2)c1Cl. The molecule has 1 aromatic heterocycles. The van der Waals surface area contributed by atoms with Gasteiger partial charge >= 0.3 is 5.69 Å². The first-order valence-electron chi connectivity index (χ1n) is 10.1. The minimum atomic E-state index is -1.06. The molecule has 0 aliphatic carbocycles. The van der Waals surface area contributed by atoms with Gasteiger partial charge in [0.05, 0.1) is 45.0 Å². The van der Waals surface area contributed by atoms with Crippen LogP contribution in [0.4, 0.5) is 21.5 Å². The summed E-state index contributed by atoms with van der Waals surface area (Å²) < 4.78 is 15.8. The number of piperazine rings is 1. The molecule has 10 nitrogen and oxygen atoms in total. The zero-order chi connectivity index (χ0) is 23.7. The highest BCUT2D eigenvalue weighted by molar-refractivity contribution is 6.35. The van der Waals surface area contributed by atoms with Crippen molar-refractivity contribution in [2.45, 2.75) is 6.92 Å². The third-order valence-electron chi connectivity index (χ3n) is 5.60. The van der Waals surface area contributed by atoms with Crippen LogP contribution in [-0.2, 0) is 0 Å². The van der Waals surface area contributed by atoms with Crippen LogP contribution in [0.2, 0.25) is 5.02 Å². The smallest absolute Gasteiger partial charge is 0.305 e. The fraction of sp³-hybridized carbons (Fsp3) is 0.286. The Labute approximate surface area is 193 Å². The van der Waals surface area contributed by atoms with Crippen LogP contribution in [0.25, 0.3) is 5.69 Å². The van der Waals surface area contributed by atoms with Crippen molar-refractivity contribution in [2.24, 2.45) is 0 Å². The third-order valence-corrected chi connectivity index (χ3v) is 6.09. The quantitative estimate of drug-likeness (QED) is 0.447. The van der Waals surface area contributed by atoms with Crippen LogP contribution in [-0.4, -0.2) is 64.0 Å². The number of nitro groups is 1. The van der Waals surface area contributed by atoms with Crippen molar-refractivity contribution in [3.8, 4) is 5.69 Å². The lowest BCUT2D eigenvalue weighted by molar-refractivity contribution is -0.387. The number of nitrogens with zero attached hydrogens (tertiary/aromatic N) is 6. The van der Waals surface area contributed by atoms with Gasteiger partial charge in [-0.2, -0.15) is 4.39 Å². The summed E-state index contributed by atoms with van der Waals surface area (Å²) in [5, 5.41) is 21.7. The van der Waals surface area contributed by atoms with E-state index in [9.17, 15) is 19.3 Å². The summed E-state index contributed by atoms with van der Waals surface area (Å²) in [4.78, 5) is 27.9. The maximum absolute atomic E-state index is 14.2. The summed E-state index contributed by atoms with van der Waals surface area (Å²) in [5.41, 5.74) is 0.762. The Hall–Kier alpha value is -3.57. The largest absolute Gasteiger partial charge is 0.367 e. The molecular weight excluding hydrogens is 453 g/mol. The number of aromatic nitrogens is 3. The molecule has 12 heteroatoms. The van der Waals surface area contributed by atoms with E-state index >= 15 is 0 Å². The highest BCUT2D eigenvalue weighted by atomic mass is 35.5. The molecule has 4 rings (SSSR count). The van der Waals surface area contributed by atoms with Gasteiger partial charge in [0.1, 0.15) is 0 Å². The van der Waals surface area contributed by atoms with Gasteiger partial charge < -0.3 is 15.1 Å². The number of halogens is 2. The van der Waals surface area contributed by atoms with Gasteiger partial charge in [0.2, 0.25) is 5.82 Å². The van der Waals surface area contributed by atoms with Crippen LogP contribution in [0.15, 0.2) is 36.7 Å². The molecule has 2 aromatic carbocycles. The van der Waals surface area contributed by atoms with E-state index in [1.807, 2.05) is 19.2 Å². The Morgan fingerprint density at radius 3 is 2.61 bits per heavy atom. The molecule has 33 heavy (non-hydrogen) atoms. The van der Waals surface area contributed by atoms with E-state index in [0.29, 0.717) is 11.4 Å². The van der Waals surface area contributed by atoms with Crippen LogP contribution < -0.4 is 10.2 Å². The van der Waals surface area contributed by atoms with Gasteiger partial charge in [-0.05, 0) is 32.2 Å². The van der Waals surface area contributed by atoms with Crippen LogP contribution in [0.3, 0.4) is 0 Å². The fourth-order valence-electron chi connectivity index (χ4n) is 3.68. The molecule has 1 aliphatic rings. The van der Waals surface area contributed by atoms with Crippen molar-refractivity contribution < 1.29 is 14.1 Å². The standard InChI is InChI=1S/C21H21ClFN7O3/c1-13-19(22)15(12-18(20(13)23)30(32)33)21(31)25-16-11-14(29-6-5-24-26-29)3-4-17(16)28-9-7-27(2)8-10-28/h3-6,11-12H,7-10H2,1-2H3,(H,25,31). The number of nitrogens with one attached hydrogen (secondary N) is 1. The van der Waals surface area contributed by atoms with E-state index in [-0.39, 0.29) is 16.1 Å². The molecule has 0 unspecified atom stereocenters. The zero-order valence-electron chi connectivity index (χ0n) is 18.0. The molecule has 1 saturated heterocycles. The predicted octanol–water partition coefficient (Wildman–Crippen LogP) is 3.28. The molecule has 1 fully saturated rings. The summed E-state index contributed by atoms with van der Waals surface area (Å²) in [5.74, 6) is -1.75. The Balaban J connectivity index is 1.74. The number of amides is 1. The summed E-state index contributed by atoms with van der Waals surface area (Å²) in [6.07, 6.45) is 3.20. The summed E-state index contributed by atoms with van der Waals surface area (Å²) >= 11 is 6.19. The molecule has 172 valence electrons. The fourth-order valence-corrected chi connectivity index (χ4v) is 3.90. The Bertz CT molecular complexity index is 1210. The number of rotatable bonds is 5. The first-order valence-corrected chi connectivity index (χ1v) is 10.5. The molecular formula is C21H21ClFN7O3. The minimum Gasteiger partial charge on any atom is -0.367 e. The van der Waals surface area contributed by atoms with E-state index < -0.39 is 22.3 Å². The number of carbonyl (C=O) groups excluding carboxylic acids is 1. The second kappa shape index (κ2) is 9.12. The molecule has 0 radical (unpaired) electrons. The number of nitro benzene ring substituents is 1.